The van der Waals surface area contributed by atoms with Gasteiger partial charge in [-0.3, -0.25) is 4.98 Å². The van der Waals surface area contributed by atoms with Crippen LogP contribution in [0.1, 0.15) is 39.3 Å². The van der Waals surface area contributed by atoms with E-state index < -0.39 is 0 Å². The molecule has 17 heavy (non-hydrogen) atoms. The summed E-state index contributed by atoms with van der Waals surface area (Å²) in [6.07, 6.45) is 4.32. The molecular formula is C14H23ClN2. The standard InChI is InChI=1S/C14H23ClN2/c1-4-12(5-2)11-17(6-3)14-7-8-16-13(9-14)10-15/h7-9,12H,4-6,10-11H2,1-3H3. The Hall–Kier alpha value is -0.760. The first kappa shape index (κ1) is 14.3. The summed E-state index contributed by atoms with van der Waals surface area (Å²) >= 11 is 5.83. The maximum absolute atomic E-state index is 5.83. The van der Waals surface area contributed by atoms with Crippen LogP contribution in [0, 0.1) is 5.92 Å². The van der Waals surface area contributed by atoms with Gasteiger partial charge in [-0.15, -0.1) is 11.6 Å². The molecule has 1 aromatic rings. The number of nitrogens with zero attached hydrogens (tertiary/aromatic N) is 2. The number of aromatic nitrogens is 1. The van der Waals surface area contributed by atoms with Gasteiger partial charge in [0.05, 0.1) is 11.6 Å². The number of pyridine rings is 1. The monoisotopic (exact) mass is 254 g/mol. The van der Waals surface area contributed by atoms with Crippen molar-refractivity contribution in [1.82, 2.24) is 4.98 Å². The van der Waals surface area contributed by atoms with Gasteiger partial charge in [0.1, 0.15) is 0 Å². The fourth-order valence-electron chi connectivity index (χ4n) is 2.01. The summed E-state index contributed by atoms with van der Waals surface area (Å²) in [6.45, 7) is 8.87. The molecule has 0 amide bonds. The van der Waals surface area contributed by atoms with Crippen molar-refractivity contribution in [3.8, 4) is 0 Å². The molecular weight excluding hydrogens is 232 g/mol. The molecule has 0 atom stereocenters. The van der Waals surface area contributed by atoms with Crippen LogP contribution in [0.4, 0.5) is 5.69 Å². The van der Waals surface area contributed by atoms with E-state index in [1.807, 2.05) is 6.20 Å². The average molecular weight is 255 g/mol. The van der Waals surface area contributed by atoms with Gasteiger partial charge in [0.25, 0.3) is 0 Å². The average Bonchev–Trinajstić information content (AvgIpc) is 2.40. The van der Waals surface area contributed by atoms with E-state index in [0.29, 0.717) is 5.88 Å². The summed E-state index contributed by atoms with van der Waals surface area (Å²) in [5.74, 6) is 1.25. The summed E-state index contributed by atoms with van der Waals surface area (Å²) in [5.41, 5.74) is 2.19. The van der Waals surface area contributed by atoms with E-state index in [9.17, 15) is 0 Å². The van der Waals surface area contributed by atoms with Crippen LogP contribution in [0.2, 0.25) is 0 Å². The normalized spacial score (nSPS) is 10.9. The minimum absolute atomic E-state index is 0.483. The molecule has 2 nitrogen and oxygen atoms in total. The lowest BCUT2D eigenvalue weighted by molar-refractivity contribution is 0.486. The summed E-state index contributed by atoms with van der Waals surface area (Å²) in [4.78, 5) is 6.65. The second-order valence-electron chi connectivity index (χ2n) is 4.36. The van der Waals surface area contributed by atoms with Crippen molar-refractivity contribution in [1.29, 1.82) is 0 Å². The van der Waals surface area contributed by atoms with E-state index in [2.05, 4.69) is 42.8 Å². The Bertz CT molecular complexity index is 324. The number of halogens is 1. The maximum Gasteiger partial charge on any atom is 0.0648 e. The molecule has 0 aliphatic heterocycles. The molecule has 0 saturated carbocycles. The van der Waals surface area contributed by atoms with E-state index in [1.165, 1.54) is 18.5 Å². The first-order valence-corrected chi connectivity index (χ1v) is 7.04. The second kappa shape index (κ2) is 7.54. The third-order valence-electron chi connectivity index (χ3n) is 3.32. The van der Waals surface area contributed by atoms with Gasteiger partial charge in [0.15, 0.2) is 0 Å². The highest BCUT2D eigenvalue weighted by Crippen LogP contribution is 2.19. The van der Waals surface area contributed by atoms with Gasteiger partial charge in [-0.1, -0.05) is 26.7 Å². The van der Waals surface area contributed by atoms with Gasteiger partial charge in [-0.25, -0.2) is 0 Å². The summed E-state index contributed by atoms with van der Waals surface area (Å²) in [6, 6.07) is 4.17. The van der Waals surface area contributed by atoms with Gasteiger partial charge < -0.3 is 4.90 Å². The molecule has 96 valence electrons. The molecule has 0 aromatic carbocycles. The minimum atomic E-state index is 0.483. The highest BCUT2D eigenvalue weighted by Gasteiger charge is 2.11. The highest BCUT2D eigenvalue weighted by atomic mass is 35.5. The molecule has 1 rings (SSSR count). The molecule has 0 saturated heterocycles. The molecule has 0 fully saturated rings. The van der Waals surface area contributed by atoms with Crippen molar-refractivity contribution < 1.29 is 0 Å². The van der Waals surface area contributed by atoms with Crippen LogP contribution in [0.25, 0.3) is 0 Å². The molecule has 0 aliphatic carbocycles. The van der Waals surface area contributed by atoms with Crippen LogP contribution >= 0.6 is 11.6 Å². The van der Waals surface area contributed by atoms with E-state index >= 15 is 0 Å². The molecule has 1 heterocycles. The van der Waals surface area contributed by atoms with Gasteiger partial charge in [0.2, 0.25) is 0 Å². The highest BCUT2D eigenvalue weighted by molar-refractivity contribution is 6.16. The van der Waals surface area contributed by atoms with Crippen molar-refractivity contribution in [3.05, 3.63) is 24.0 Å². The zero-order valence-corrected chi connectivity index (χ0v) is 11.9. The topological polar surface area (TPSA) is 16.1 Å². The van der Waals surface area contributed by atoms with Crippen LogP contribution in [-0.2, 0) is 5.88 Å². The van der Waals surface area contributed by atoms with Gasteiger partial charge in [-0.2, -0.15) is 0 Å². The van der Waals surface area contributed by atoms with Crippen molar-refractivity contribution in [3.63, 3.8) is 0 Å². The Kier molecular flexibility index (Phi) is 6.35. The first-order chi connectivity index (χ1) is 8.24. The Labute approximate surface area is 110 Å². The lowest BCUT2D eigenvalue weighted by atomic mass is 10.0. The Morgan fingerprint density at radius 3 is 2.53 bits per heavy atom. The number of hydrogen-bond acceptors (Lipinski definition) is 2. The van der Waals surface area contributed by atoms with E-state index in [1.54, 1.807) is 0 Å². The van der Waals surface area contributed by atoms with Crippen molar-refractivity contribution in [2.24, 2.45) is 5.92 Å². The van der Waals surface area contributed by atoms with Crippen LogP contribution in [0.15, 0.2) is 18.3 Å². The van der Waals surface area contributed by atoms with E-state index in [-0.39, 0.29) is 0 Å². The third kappa shape index (κ3) is 4.19. The first-order valence-electron chi connectivity index (χ1n) is 6.50. The van der Waals surface area contributed by atoms with E-state index in [4.69, 9.17) is 11.6 Å². The van der Waals surface area contributed by atoms with Crippen molar-refractivity contribution in [2.75, 3.05) is 18.0 Å². The molecule has 0 N–H and O–H groups in total. The Balaban J connectivity index is 2.77. The Morgan fingerprint density at radius 1 is 1.29 bits per heavy atom. The fraction of sp³-hybridized carbons (Fsp3) is 0.643. The van der Waals surface area contributed by atoms with Crippen molar-refractivity contribution in [2.45, 2.75) is 39.5 Å². The lowest BCUT2D eigenvalue weighted by Gasteiger charge is -2.27. The lowest BCUT2D eigenvalue weighted by Crippen LogP contribution is -2.29. The number of alkyl halides is 1. The molecule has 0 bridgehead atoms. The number of hydrogen-bond donors (Lipinski definition) is 0. The van der Waals surface area contributed by atoms with E-state index in [0.717, 1.165) is 24.7 Å². The van der Waals surface area contributed by atoms with Crippen LogP contribution in [-0.4, -0.2) is 18.1 Å². The molecule has 0 radical (unpaired) electrons. The smallest absolute Gasteiger partial charge is 0.0648 e. The maximum atomic E-state index is 5.83. The SMILES string of the molecule is CCC(CC)CN(CC)c1ccnc(CCl)c1. The zero-order valence-electron chi connectivity index (χ0n) is 11.1. The summed E-state index contributed by atoms with van der Waals surface area (Å²) in [5, 5.41) is 0. The molecule has 0 spiro atoms. The Morgan fingerprint density at radius 2 is 2.00 bits per heavy atom. The zero-order chi connectivity index (χ0) is 12.7. The predicted molar refractivity (Wildman–Crippen MR) is 75.8 cm³/mol. The predicted octanol–water partition coefficient (Wildman–Crippen LogP) is 4.08. The van der Waals surface area contributed by atoms with Crippen LogP contribution in [0.5, 0.6) is 0 Å². The fourth-order valence-corrected chi connectivity index (χ4v) is 2.16. The number of anilines is 1. The quantitative estimate of drug-likeness (QED) is 0.682. The van der Waals surface area contributed by atoms with Gasteiger partial charge >= 0.3 is 0 Å². The number of rotatable bonds is 7. The van der Waals surface area contributed by atoms with Crippen LogP contribution in [0.3, 0.4) is 0 Å². The largest absolute Gasteiger partial charge is 0.371 e. The molecule has 3 heteroatoms. The minimum Gasteiger partial charge on any atom is -0.371 e. The van der Waals surface area contributed by atoms with Crippen LogP contribution < -0.4 is 4.90 Å². The summed E-state index contributed by atoms with van der Waals surface area (Å²) < 4.78 is 0. The summed E-state index contributed by atoms with van der Waals surface area (Å²) in [7, 11) is 0. The molecule has 0 aliphatic rings. The van der Waals surface area contributed by atoms with Crippen molar-refractivity contribution >= 4 is 17.3 Å². The second-order valence-corrected chi connectivity index (χ2v) is 4.63. The molecule has 1 aromatic heterocycles. The van der Waals surface area contributed by atoms with Gasteiger partial charge in [-0.05, 0) is 25.0 Å². The van der Waals surface area contributed by atoms with Gasteiger partial charge in [0, 0.05) is 25.0 Å². The molecule has 0 unspecified atom stereocenters. The third-order valence-corrected chi connectivity index (χ3v) is 3.59.